The summed E-state index contributed by atoms with van der Waals surface area (Å²) >= 11 is 0. The van der Waals surface area contributed by atoms with Crippen LogP contribution in [0.25, 0.3) is 46.2 Å². The number of benzene rings is 8. The van der Waals surface area contributed by atoms with Crippen LogP contribution in [0.3, 0.4) is 0 Å². The molecule has 0 radical (unpaired) electrons. The van der Waals surface area contributed by atoms with Crippen molar-refractivity contribution in [2.75, 3.05) is 9.80 Å². The zero-order chi connectivity index (χ0) is 38.1. The first-order chi connectivity index (χ1) is 28.0. The van der Waals surface area contributed by atoms with Crippen molar-refractivity contribution in [3.8, 4) is 11.1 Å². The van der Waals surface area contributed by atoms with Crippen molar-refractivity contribution in [2.24, 2.45) is 0 Å². The molecule has 0 atom stereocenters. The third kappa shape index (κ3) is 5.55. The number of anilines is 6. The third-order valence-electron chi connectivity index (χ3n) is 12.4. The normalized spacial score (nSPS) is 14.6. The van der Waals surface area contributed by atoms with Gasteiger partial charge in [0.15, 0.2) is 0 Å². The second-order valence-electron chi connectivity index (χ2n) is 16.2. The fourth-order valence-corrected chi connectivity index (χ4v) is 9.48. The SMILES string of the molecule is CC1(C)c2cc(C=Cc3ccc4cc(N5c6ccccc6CCc6ccccc65)ccc4c3)ccc2-c2ccc(N3c4ccccc4C=Cc4ccccc43)cc21. The van der Waals surface area contributed by atoms with Crippen molar-refractivity contribution in [2.45, 2.75) is 32.1 Å². The van der Waals surface area contributed by atoms with Gasteiger partial charge in [-0.3, -0.25) is 0 Å². The number of aryl methyl sites for hydroxylation is 2. The Morgan fingerprint density at radius 1 is 0.421 bits per heavy atom. The van der Waals surface area contributed by atoms with Gasteiger partial charge in [-0.15, -0.1) is 0 Å². The van der Waals surface area contributed by atoms with Crippen molar-refractivity contribution in [1.29, 1.82) is 0 Å². The van der Waals surface area contributed by atoms with Gasteiger partial charge in [0.05, 0.1) is 11.4 Å². The van der Waals surface area contributed by atoms with E-state index in [4.69, 9.17) is 0 Å². The molecule has 2 nitrogen and oxygen atoms in total. The fourth-order valence-electron chi connectivity index (χ4n) is 9.48. The predicted molar refractivity (Wildman–Crippen MR) is 243 cm³/mol. The molecule has 0 saturated carbocycles. The van der Waals surface area contributed by atoms with Gasteiger partial charge in [0.1, 0.15) is 0 Å². The minimum atomic E-state index is -0.150. The maximum Gasteiger partial charge on any atom is 0.0534 e. The van der Waals surface area contributed by atoms with Gasteiger partial charge in [0.2, 0.25) is 0 Å². The van der Waals surface area contributed by atoms with E-state index < -0.39 is 0 Å². The monoisotopic (exact) mass is 730 g/mol. The molecule has 8 aromatic carbocycles. The zero-order valence-electron chi connectivity index (χ0n) is 32.3. The standard InChI is InChI=1S/C55H42N2/c1-55(2)49-34-38(22-31-47(49)48-32-30-46(36-50(48)55)57-53-17-9-5-13-41(53)26-27-42-14-6-10-18-54(42)57)20-19-37-21-23-44-35-45(29-28-43(44)33-37)56-51-15-7-3-11-39(51)24-25-40-12-4-8-16-52(40)56/h3-23,26-36H,24-25H2,1-2H3. The molecule has 0 amide bonds. The van der Waals surface area contributed by atoms with Crippen LogP contribution in [0.4, 0.5) is 34.1 Å². The molecule has 272 valence electrons. The Bertz CT molecular complexity index is 2860. The van der Waals surface area contributed by atoms with E-state index in [0.717, 1.165) is 12.8 Å². The molecule has 0 saturated heterocycles. The van der Waals surface area contributed by atoms with Gasteiger partial charge in [-0.1, -0.05) is 153 Å². The van der Waals surface area contributed by atoms with Crippen molar-refractivity contribution >= 4 is 69.2 Å². The van der Waals surface area contributed by atoms with Gasteiger partial charge in [0, 0.05) is 28.2 Å². The third-order valence-corrected chi connectivity index (χ3v) is 12.4. The lowest BCUT2D eigenvalue weighted by Crippen LogP contribution is -2.17. The van der Waals surface area contributed by atoms with Gasteiger partial charge < -0.3 is 9.80 Å². The summed E-state index contributed by atoms with van der Waals surface area (Å²) in [6.07, 6.45) is 11.1. The Morgan fingerprint density at radius 2 is 0.877 bits per heavy atom. The Hall–Kier alpha value is -6.90. The van der Waals surface area contributed by atoms with Crippen LogP contribution >= 0.6 is 0 Å². The summed E-state index contributed by atoms with van der Waals surface area (Å²) in [5, 5.41) is 2.48. The van der Waals surface area contributed by atoms with Gasteiger partial charge in [0.25, 0.3) is 0 Å². The molecule has 0 bridgehead atoms. The number of fused-ring (bicyclic) bond motifs is 8. The van der Waals surface area contributed by atoms with Crippen molar-refractivity contribution < 1.29 is 0 Å². The average Bonchev–Trinajstić information content (AvgIpc) is 3.38. The van der Waals surface area contributed by atoms with Gasteiger partial charge in [-0.2, -0.15) is 0 Å². The minimum Gasteiger partial charge on any atom is -0.310 e. The predicted octanol–water partition coefficient (Wildman–Crippen LogP) is 14.8. The zero-order valence-corrected chi connectivity index (χ0v) is 32.3. The first-order valence-electron chi connectivity index (χ1n) is 20.1. The highest BCUT2D eigenvalue weighted by atomic mass is 15.2. The highest BCUT2D eigenvalue weighted by molar-refractivity contribution is 5.95. The first-order valence-corrected chi connectivity index (χ1v) is 20.1. The molecule has 57 heavy (non-hydrogen) atoms. The van der Waals surface area contributed by atoms with Crippen LogP contribution in [-0.4, -0.2) is 0 Å². The van der Waals surface area contributed by atoms with E-state index in [1.54, 1.807) is 0 Å². The second-order valence-corrected chi connectivity index (χ2v) is 16.2. The lowest BCUT2D eigenvalue weighted by Gasteiger charge is -2.29. The second kappa shape index (κ2) is 13.1. The molecule has 0 spiro atoms. The van der Waals surface area contributed by atoms with Crippen LogP contribution < -0.4 is 9.80 Å². The molecule has 3 aliphatic rings. The molecule has 1 aliphatic carbocycles. The van der Waals surface area contributed by atoms with Gasteiger partial charge in [-0.05, 0) is 134 Å². The summed E-state index contributed by atoms with van der Waals surface area (Å²) in [7, 11) is 0. The Kier molecular flexibility index (Phi) is 7.69. The molecule has 2 aliphatic heterocycles. The summed E-state index contributed by atoms with van der Waals surface area (Å²) in [6, 6.07) is 62.9. The topological polar surface area (TPSA) is 6.48 Å². The number of nitrogens with zero attached hydrogens (tertiary/aromatic N) is 2. The van der Waals surface area contributed by atoms with Crippen LogP contribution in [0.2, 0.25) is 0 Å². The van der Waals surface area contributed by atoms with E-state index in [0.29, 0.717) is 0 Å². The number of rotatable bonds is 4. The Balaban J connectivity index is 0.895. The quantitative estimate of drug-likeness (QED) is 0.166. The average molecular weight is 731 g/mol. The molecule has 0 fully saturated rings. The summed E-state index contributed by atoms with van der Waals surface area (Å²) < 4.78 is 0. The van der Waals surface area contributed by atoms with Crippen LogP contribution in [0.1, 0.15) is 58.4 Å². The summed E-state index contributed by atoms with van der Waals surface area (Å²) in [5.74, 6) is 0. The van der Waals surface area contributed by atoms with Gasteiger partial charge >= 0.3 is 0 Å². The number of hydrogen-bond donors (Lipinski definition) is 0. The fraction of sp³-hybridized carbons (Fsp3) is 0.0909. The van der Waals surface area contributed by atoms with Crippen LogP contribution in [-0.2, 0) is 18.3 Å². The van der Waals surface area contributed by atoms with E-state index in [-0.39, 0.29) is 5.41 Å². The summed E-state index contributed by atoms with van der Waals surface area (Å²) in [5.41, 5.74) is 20.2. The minimum absolute atomic E-state index is 0.150. The van der Waals surface area contributed by atoms with Crippen LogP contribution in [0.15, 0.2) is 170 Å². The highest BCUT2D eigenvalue weighted by Crippen LogP contribution is 2.52. The maximum atomic E-state index is 2.45. The molecule has 0 aromatic heterocycles. The largest absolute Gasteiger partial charge is 0.310 e. The van der Waals surface area contributed by atoms with E-state index in [1.165, 1.54) is 101 Å². The van der Waals surface area contributed by atoms with E-state index in [2.05, 4.69) is 218 Å². The summed E-state index contributed by atoms with van der Waals surface area (Å²) in [4.78, 5) is 4.87. The Morgan fingerprint density at radius 3 is 1.54 bits per heavy atom. The molecule has 2 heterocycles. The number of para-hydroxylation sites is 4. The molecular formula is C55H42N2. The van der Waals surface area contributed by atoms with E-state index >= 15 is 0 Å². The molecule has 11 rings (SSSR count). The molecule has 0 N–H and O–H groups in total. The lowest BCUT2D eigenvalue weighted by molar-refractivity contribution is 0.660. The maximum absolute atomic E-state index is 2.45. The van der Waals surface area contributed by atoms with E-state index in [9.17, 15) is 0 Å². The van der Waals surface area contributed by atoms with Crippen molar-refractivity contribution in [3.63, 3.8) is 0 Å². The van der Waals surface area contributed by atoms with Crippen molar-refractivity contribution in [1.82, 2.24) is 0 Å². The molecular weight excluding hydrogens is 689 g/mol. The van der Waals surface area contributed by atoms with Crippen LogP contribution in [0, 0.1) is 0 Å². The smallest absolute Gasteiger partial charge is 0.0534 e. The molecule has 8 aromatic rings. The van der Waals surface area contributed by atoms with E-state index in [1.807, 2.05) is 0 Å². The van der Waals surface area contributed by atoms with Crippen LogP contribution in [0.5, 0.6) is 0 Å². The number of hydrogen-bond acceptors (Lipinski definition) is 2. The van der Waals surface area contributed by atoms with Crippen molar-refractivity contribution in [3.05, 3.63) is 214 Å². The molecule has 2 heteroatoms. The Labute approximate surface area is 335 Å². The van der Waals surface area contributed by atoms with Gasteiger partial charge in [-0.25, -0.2) is 0 Å². The highest BCUT2D eigenvalue weighted by Gasteiger charge is 2.36. The summed E-state index contributed by atoms with van der Waals surface area (Å²) in [6.45, 7) is 4.75. The first kappa shape index (κ1) is 33.4. The molecule has 0 unspecified atom stereocenters. The lowest BCUT2D eigenvalue weighted by atomic mass is 9.81.